The Morgan fingerprint density at radius 1 is 1.89 bits per heavy atom. The van der Waals surface area contributed by atoms with Crippen LogP contribution >= 0.6 is 0 Å². The Bertz CT molecular complexity index is 153. The number of carbonyl (C=O) groups is 1. The van der Waals surface area contributed by atoms with E-state index in [1.54, 1.807) is 0 Å². The Morgan fingerprint density at radius 3 is 3.11 bits per heavy atom. The smallest absolute Gasteiger partial charge is 0.254 e. The van der Waals surface area contributed by atoms with Crippen molar-refractivity contribution in [3.05, 3.63) is 0 Å². The first-order chi connectivity index (χ1) is 4.34. The van der Waals surface area contributed by atoms with Crippen molar-refractivity contribution in [2.75, 3.05) is 19.7 Å². The normalized spacial score (nSPS) is 16.8. The van der Waals surface area contributed by atoms with Crippen LogP contribution in [0.4, 0.5) is 0 Å². The first-order valence-electron chi connectivity index (χ1n) is 2.75. The number of nitrogens with two attached hydrogens (primary N) is 1. The molecule has 1 heterocycles. The van der Waals surface area contributed by atoms with Crippen LogP contribution in [0.15, 0.2) is 4.99 Å². The highest BCUT2D eigenvalue weighted by Crippen LogP contribution is 1.93. The summed E-state index contributed by atoms with van der Waals surface area (Å²) >= 11 is 0. The van der Waals surface area contributed by atoms with Crippen molar-refractivity contribution in [3.8, 4) is 0 Å². The van der Waals surface area contributed by atoms with Gasteiger partial charge in [-0.2, -0.15) is 0 Å². The lowest BCUT2D eigenvalue weighted by atomic mass is 10.4. The summed E-state index contributed by atoms with van der Waals surface area (Å²) in [5.41, 5.74) is 5.04. The molecule has 0 spiro atoms. The van der Waals surface area contributed by atoms with E-state index in [4.69, 9.17) is 10.5 Å². The Labute approximate surface area is 52.7 Å². The van der Waals surface area contributed by atoms with Crippen molar-refractivity contribution in [2.45, 2.75) is 0 Å². The third kappa shape index (κ3) is 1.26. The fourth-order valence-electron chi connectivity index (χ4n) is 0.591. The number of Topliss-reactive ketones (excluding diaryl/α,β-unsaturated/α-hetero) is 1. The van der Waals surface area contributed by atoms with Crippen LogP contribution in [0.2, 0.25) is 0 Å². The number of carbonyl (C=O) groups excluding carboxylic acids is 1. The van der Waals surface area contributed by atoms with E-state index in [0.717, 1.165) is 0 Å². The van der Waals surface area contributed by atoms with Crippen molar-refractivity contribution >= 4 is 11.7 Å². The number of hydrogen-bond donors (Lipinski definition) is 1. The molecular formula is C5H8N2O2. The molecule has 0 atom stereocenters. The second-order valence-electron chi connectivity index (χ2n) is 1.66. The molecule has 0 fully saturated rings. The van der Waals surface area contributed by atoms with Gasteiger partial charge < -0.3 is 10.5 Å². The maximum absolute atomic E-state index is 10.6. The molecular weight excluding hydrogens is 120 g/mol. The monoisotopic (exact) mass is 128 g/mol. The molecule has 4 nitrogen and oxygen atoms in total. The van der Waals surface area contributed by atoms with E-state index in [1.165, 1.54) is 0 Å². The van der Waals surface area contributed by atoms with E-state index in [1.807, 2.05) is 0 Å². The first kappa shape index (κ1) is 6.22. The van der Waals surface area contributed by atoms with Gasteiger partial charge in [-0.1, -0.05) is 0 Å². The third-order valence-electron chi connectivity index (χ3n) is 1.01. The summed E-state index contributed by atoms with van der Waals surface area (Å²) in [6.07, 6.45) is 0. The van der Waals surface area contributed by atoms with Crippen LogP contribution in [0.25, 0.3) is 0 Å². The molecule has 0 aromatic carbocycles. The predicted molar refractivity (Wildman–Crippen MR) is 32.3 cm³/mol. The second-order valence-corrected chi connectivity index (χ2v) is 1.66. The van der Waals surface area contributed by atoms with Gasteiger partial charge in [0.05, 0.1) is 13.1 Å². The van der Waals surface area contributed by atoms with Crippen molar-refractivity contribution < 1.29 is 9.53 Å². The van der Waals surface area contributed by atoms with E-state index in [9.17, 15) is 4.79 Å². The molecule has 9 heavy (non-hydrogen) atoms. The SMILES string of the molecule is NCC(=O)C1=NCCO1. The summed E-state index contributed by atoms with van der Waals surface area (Å²) in [4.78, 5) is 14.4. The highest BCUT2D eigenvalue weighted by Gasteiger charge is 2.14. The molecule has 1 aliphatic rings. The van der Waals surface area contributed by atoms with Crippen LogP contribution in [0.1, 0.15) is 0 Å². The molecule has 0 radical (unpaired) electrons. The van der Waals surface area contributed by atoms with Crippen molar-refractivity contribution in [1.29, 1.82) is 0 Å². The van der Waals surface area contributed by atoms with Crippen LogP contribution in [0.5, 0.6) is 0 Å². The zero-order valence-corrected chi connectivity index (χ0v) is 4.96. The minimum absolute atomic E-state index is 0.0150. The van der Waals surface area contributed by atoms with E-state index in [-0.39, 0.29) is 18.2 Å². The quantitative estimate of drug-likeness (QED) is 0.515. The summed E-state index contributed by atoms with van der Waals surface area (Å²) < 4.78 is 4.83. The molecule has 2 N–H and O–H groups in total. The molecule has 50 valence electrons. The Balaban J connectivity index is 2.51. The fraction of sp³-hybridized carbons (Fsp3) is 0.600. The highest BCUT2D eigenvalue weighted by atomic mass is 16.5. The van der Waals surface area contributed by atoms with Gasteiger partial charge in [0.15, 0.2) is 0 Å². The maximum Gasteiger partial charge on any atom is 0.254 e. The lowest BCUT2D eigenvalue weighted by molar-refractivity contribution is -0.112. The fourth-order valence-corrected chi connectivity index (χ4v) is 0.591. The standard InChI is InChI=1S/C5H8N2O2/c6-3-4(8)5-7-1-2-9-5/h1-3,6H2. The lowest BCUT2D eigenvalue weighted by Gasteiger charge is -1.94. The van der Waals surface area contributed by atoms with Gasteiger partial charge in [-0.05, 0) is 0 Å². The summed E-state index contributed by atoms with van der Waals surface area (Å²) in [6.45, 7) is 1.08. The Hall–Kier alpha value is -0.900. The third-order valence-corrected chi connectivity index (χ3v) is 1.01. The topological polar surface area (TPSA) is 64.7 Å². The van der Waals surface area contributed by atoms with E-state index < -0.39 is 0 Å². The molecule has 4 heteroatoms. The number of aliphatic imine (C=N–C) groups is 1. The Kier molecular flexibility index (Phi) is 1.79. The van der Waals surface area contributed by atoms with Gasteiger partial charge in [0.2, 0.25) is 5.78 Å². The number of ketones is 1. The minimum atomic E-state index is -0.215. The van der Waals surface area contributed by atoms with E-state index in [0.29, 0.717) is 13.2 Å². The minimum Gasteiger partial charge on any atom is -0.473 e. The van der Waals surface area contributed by atoms with E-state index >= 15 is 0 Å². The molecule has 0 saturated heterocycles. The van der Waals surface area contributed by atoms with Gasteiger partial charge in [-0.25, -0.2) is 4.99 Å². The first-order valence-corrected chi connectivity index (χ1v) is 2.75. The number of hydrogen-bond acceptors (Lipinski definition) is 4. The van der Waals surface area contributed by atoms with Gasteiger partial charge in [0.1, 0.15) is 6.61 Å². The summed E-state index contributed by atoms with van der Waals surface area (Å²) in [7, 11) is 0. The van der Waals surface area contributed by atoms with Crippen molar-refractivity contribution in [2.24, 2.45) is 10.7 Å². The van der Waals surface area contributed by atoms with Crippen LogP contribution < -0.4 is 5.73 Å². The molecule has 1 aliphatic heterocycles. The second kappa shape index (κ2) is 2.59. The molecule has 1 rings (SSSR count). The average Bonchev–Trinajstić information content (AvgIpc) is 2.37. The molecule has 0 amide bonds. The number of nitrogens with zero attached hydrogens (tertiary/aromatic N) is 1. The van der Waals surface area contributed by atoms with Gasteiger partial charge in [-0.3, -0.25) is 4.79 Å². The van der Waals surface area contributed by atoms with Gasteiger partial charge >= 0.3 is 0 Å². The van der Waals surface area contributed by atoms with Gasteiger partial charge in [0, 0.05) is 0 Å². The van der Waals surface area contributed by atoms with Gasteiger partial charge in [0.25, 0.3) is 5.90 Å². The zero-order chi connectivity index (χ0) is 6.69. The van der Waals surface area contributed by atoms with E-state index in [2.05, 4.69) is 4.99 Å². The zero-order valence-electron chi connectivity index (χ0n) is 4.96. The van der Waals surface area contributed by atoms with Crippen LogP contribution in [0, 0.1) is 0 Å². The molecule has 0 aliphatic carbocycles. The maximum atomic E-state index is 10.6. The summed E-state index contributed by atoms with van der Waals surface area (Å²) in [5.74, 6) is -0.0231. The van der Waals surface area contributed by atoms with Crippen molar-refractivity contribution in [3.63, 3.8) is 0 Å². The molecule has 0 bridgehead atoms. The highest BCUT2D eigenvalue weighted by molar-refractivity contribution is 6.37. The van der Waals surface area contributed by atoms with Crippen LogP contribution in [-0.4, -0.2) is 31.4 Å². The Morgan fingerprint density at radius 2 is 2.67 bits per heavy atom. The molecule has 0 aromatic rings. The largest absolute Gasteiger partial charge is 0.473 e. The van der Waals surface area contributed by atoms with Gasteiger partial charge in [-0.15, -0.1) is 0 Å². The summed E-state index contributed by atoms with van der Waals surface area (Å²) in [6, 6.07) is 0. The lowest BCUT2D eigenvalue weighted by Crippen LogP contribution is -2.23. The molecule has 0 aromatic heterocycles. The molecule has 0 saturated carbocycles. The van der Waals surface area contributed by atoms with Crippen LogP contribution in [-0.2, 0) is 9.53 Å². The predicted octanol–water partition coefficient (Wildman–Crippen LogP) is -1.06. The van der Waals surface area contributed by atoms with Crippen molar-refractivity contribution in [1.82, 2.24) is 0 Å². The average molecular weight is 128 g/mol. The molecule has 0 unspecified atom stereocenters. The summed E-state index contributed by atoms with van der Waals surface area (Å²) in [5, 5.41) is 0. The number of rotatable bonds is 2. The number of ether oxygens (including phenoxy) is 1. The van der Waals surface area contributed by atoms with Crippen LogP contribution in [0.3, 0.4) is 0 Å².